The number of anilines is 2. The number of hydrogen-bond acceptors (Lipinski definition) is 6. The Labute approximate surface area is 117 Å². The number of aromatic nitrogens is 3. The van der Waals surface area contributed by atoms with Gasteiger partial charge in [0.2, 0.25) is 0 Å². The van der Waals surface area contributed by atoms with E-state index in [4.69, 9.17) is 10.2 Å². The van der Waals surface area contributed by atoms with Crippen molar-refractivity contribution >= 4 is 17.3 Å². The summed E-state index contributed by atoms with van der Waals surface area (Å²) in [7, 11) is 0. The first-order valence-electron chi connectivity index (χ1n) is 6.84. The van der Waals surface area contributed by atoms with Crippen LogP contribution in [0.2, 0.25) is 0 Å². The number of fused-ring (bicyclic) bond motifs is 1. The largest absolute Gasteiger partial charge is 0.395 e. The zero-order valence-electron chi connectivity index (χ0n) is 11.7. The molecule has 0 amide bonds. The molecule has 20 heavy (non-hydrogen) atoms. The molecule has 0 atom stereocenters. The third-order valence-corrected chi connectivity index (χ3v) is 2.95. The van der Waals surface area contributed by atoms with E-state index in [0.29, 0.717) is 24.6 Å². The fourth-order valence-corrected chi connectivity index (χ4v) is 2.03. The molecule has 2 rings (SSSR count). The van der Waals surface area contributed by atoms with Crippen molar-refractivity contribution in [2.75, 3.05) is 43.1 Å². The second-order valence-electron chi connectivity index (χ2n) is 4.47. The van der Waals surface area contributed by atoms with E-state index >= 15 is 0 Å². The molecule has 0 bridgehead atoms. The molecule has 0 aliphatic rings. The number of nitrogens with one attached hydrogen (secondary N) is 1. The first-order valence-corrected chi connectivity index (χ1v) is 6.84. The van der Waals surface area contributed by atoms with Crippen LogP contribution in [-0.2, 0) is 0 Å². The van der Waals surface area contributed by atoms with Gasteiger partial charge in [0, 0.05) is 32.0 Å². The van der Waals surface area contributed by atoms with Gasteiger partial charge in [-0.25, -0.2) is 9.97 Å². The van der Waals surface area contributed by atoms with Crippen molar-refractivity contribution < 1.29 is 10.2 Å². The Bertz CT molecular complexity index is 537. The number of nitrogens with zero attached hydrogens (tertiary/aromatic N) is 4. The van der Waals surface area contributed by atoms with Crippen LogP contribution in [0, 0.1) is 0 Å². The number of hydrogen-bond donors (Lipinski definition) is 3. The first kappa shape index (κ1) is 14.5. The summed E-state index contributed by atoms with van der Waals surface area (Å²) in [6, 6.07) is 0. The van der Waals surface area contributed by atoms with Gasteiger partial charge in [0.15, 0.2) is 11.5 Å². The Morgan fingerprint density at radius 1 is 1.30 bits per heavy atom. The maximum Gasteiger partial charge on any atom is 0.180 e. The molecule has 0 aliphatic heterocycles. The molecule has 0 spiro atoms. The summed E-state index contributed by atoms with van der Waals surface area (Å²) < 4.78 is 1.89. The Kier molecular flexibility index (Phi) is 5.14. The summed E-state index contributed by atoms with van der Waals surface area (Å²) in [6.07, 6.45) is 6.46. The second kappa shape index (κ2) is 7.06. The fourth-order valence-electron chi connectivity index (χ4n) is 2.03. The third kappa shape index (κ3) is 3.17. The van der Waals surface area contributed by atoms with Crippen LogP contribution in [0.4, 0.5) is 11.6 Å². The molecule has 110 valence electrons. The van der Waals surface area contributed by atoms with E-state index in [2.05, 4.69) is 22.2 Å². The van der Waals surface area contributed by atoms with Crippen molar-refractivity contribution in [3.63, 3.8) is 0 Å². The van der Waals surface area contributed by atoms with Crippen molar-refractivity contribution in [1.29, 1.82) is 0 Å². The number of rotatable bonds is 8. The van der Waals surface area contributed by atoms with Gasteiger partial charge in [-0.05, 0) is 6.42 Å². The number of imidazole rings is 1. The second-order valence-corrected chi connectivity index (χ2v) is 4.47. The summed E-state index contributed by atoms with van der Waals surface area (Å²) in [5, 5.41) is 21.6. The van der Waals surface area contributed by atoms with Crippen molar-refractivity contribution in [2.45, 2.75) is 13.3 Å². The highest BCUT2D eigenvalue weighted by Gasteiger charge is 2.14. The molecular weight excluding hydrogens is 258 g/mol. The van der Waals surface area contributed by atoms with Crippen LogP contribution in [0.3, 0.4) is 0 Å². The normalized spacial score (nSPS) is 10.9. The van der Waals surface area contributed by atoms with Crippen LogP contribution in [0.15, 0.2) is 18.6 Å². The molecule has 0 unspecified atom stereocenters. The highest BCUT2D eigenvalue weighted by atomic mass is 16.3. The lowest BCUT2D eigenvalue weighted by molar-refractivity contribution is 0.281. The summed E-state index contributed by atoms with van der Waals surface area (Å²) in [4.78, 5) is 10.7. The quantitative estimate of drug-likeness (QED) is 0.646. The Morgan fingerprint density at radius 2 is 2.05 bits per heavy atom. The predicted octanol–water partition coefficient (Wildman–Crippen LogP) is 0.342. The van der Waals surface area contributed by atoms with E-state index in [0.717, 1.165) is 18.8 Å². The Hall–Kier alpha value is -1.86. The van der Waals surface area contributed by atoms with Crippen LogP contribution in [0.25, 0.3) is 5.65 Å². The summed E-state index contributed by atoms with van der Waals surface area (Å²) >= 11 is 0. The van der Waals surface area contributed by atoms with Crippen LogP contribution in [0.1, 0.15) is 13.3 Å². The molecule has 3 N–H and O–H groups in total. The summed E-state index contributed by atoms with van der Waals surface area (Å²) in [5.41, 5.74) is 0.717. The van der Waals surface area contributed by atoms with Gasteiger partial charge in [-0.2, -0.15) is 0 Å². The summed E-state index contributed by atoms with van der Waals surface area (Å²) in [5.74, 6) is 1.42. The van der Waals surface area contributed by atoms with Crippen LogP contribution >= 0.6 is 0 Å². The van der Waals surface area contributed by atoms with E-state index in [1.807, 2.05) is 21.7 Å². The average Bonchev–Trinajstić information content (AvgIpc) is 2.92. The molecule has 0 fully saturated rings. The predicted molar refractivity (Wildman–Crippen MR) is 78.2 cm³/mol. The Morgan fingerprint density at radius 3 is 2.70 bits per heavy atom. The molecule has 2 aromatic heterocycles. The lowest BCUT2D eigenvalue weighted by Gasteiger charge is -2.22. The molecule has 2 heterocycles. The minimum absolute atomic E-state index is 0.00116. The van der Waals surface area contributed by atoms with Gasteiger partial charge in [-0.3, -0.25) is 0 Å². The average molecular weight is 279 g/mol. The lowest BCUT2D eigenvalue weighted by Crippen LogP contribution is -2.31. The molecule has 0 radical (unpaired) electrons. The molecule has 0 saturated heterocycles. The lowest BCUT2D eigenvalue weighted by atomic mass is 10.4. The van der Waals surface area contributed by atoms with Gasteiger partial charge in [0.05, 0.1) is 19.4 Å². The Balaban J connectivity index is 2.39. The van der Waals surface area contributed by atoms with E-state index in [1.54, 1.807) is 6.20 Å². The minimum atomic E-state index is 0.00116. The molecular formula is C13H21N5O2. The van der Waals surface area contributed by atoms with Gasteiger partial charge < -0.3 is 24.8 Å². The van der Waals surface area contributed by atoms with E-state index < -0.39 is 0 Å². The molecule has 7 nitrogen and oxygen atoms in total. The van der Waals surface area contributed by atoms with Crippen molar-refractivity contribution in [1.82, 2.24) is 14.4 Å². The fraction of sp³-hybridized carbons (Fsp3) is 0.538. The molecule has 0 aliphatic carbocycles. The van der Waals surface area contributed by atoms with Crippen molar-refractivity contribution in [3.8, 4) is 0 Å². The van der Waals surface area contributed by atoms with Gasteiger partial charge in [-0.1, -0.05) is 6.92 Å². The first-order chi connectivity index (χ1) is 9.80. The molecule has 7 heteroatoms. The van der Waals surface area contributed by atoms with Gasteiger partial charge in [0.25, 0.3) is 0 Å². The molecule has 0 aromatic carbocycles. The minimum Gasteiger partial charge on any atom is -0.395 e. The van der Waals surface area contributed by atoms with Gasteiger partial charge in [0.1, 0.15) is 5.82 Å². The molecule has 2 aromatic rings. The van der Waals surface area contributed by atoms with Crippen molar-refractivity contribution in [3.05, 3.63) is 18.6 Å². The topological polar surface area (TPSA) is 85.9 Å². The third-order valence-electron chi connectivity index (χ3n) is 2.95. The smallest absolute Gasteiger partial charge is 0.180 e. The van der Waals surface area contributed by atoms with E-state index in [1.165, 1.54) is 0 Å². The zero-order chi connectivity index (χ0) is 14.4. The van der Waals surface area contributed by atoms with Gasteiger partial charge >= 0.3 is 0 Å². The highest BCUT2D eigenvalue weighted by Crippen LogP contribution is 2.20. The van der Waals surface area contributed by atoms with Crippen LogP contribution in [-0.4, -0.2) is 57.4 Å². The van der Waals surface area contributed by atoms with Crippen LogP contribution in [0.5, 0.6) is 0 Å². The van der Waals surface area contributed by atoms with E-state index in [-0.39, 0.29) is 13.2 Å². The van der Waals surface area contributed by atoms with Gasteiger partial charge in [-0.15, -0.1) is 0 Å². The standard InChI is InChI=1S/C13H21N5O2/c1-2-3-14-11-10-18-5-4-15-12(18)13(16-11)17(6-8-19)7-9-20/h4-5,10,14,19-20H,2-3,6-9H2,1H3. The number of aliphatic hydroxyl groups is 2. The maximum atomic E-state index is 9.16. The number of aliphatic hydroxyl groups excluding tert-OH is 2. The SMILES string of the molecule is CCCNc1cn2ccnc2c(N(CCO)CCO)n1. The summed E-state index contributed by atoms with van der Waals surface area (Å²) in [6.45, 7) is 3.75. The monoisotopic (exact) mass is 279 g/mol. The maximum absolute atomic E-state index is 9.16. The molecule has 0 saturated carbocycles. The van der Waals surface area contributed by atoms with E-state index in [9.17, 15) is 0 Å². The van der Waals surface area contributed by atoms with Crippen LogP contribution < -0.4 is 10.2 Å². The van der Waals surface area contributed by atoms with Crippen molar-refractivity contribution in [2.24, 2.45) is 0 Å². The highest BCUT2D eigenvalue weighted by molar-refractivity contribution is 5.66. The zero-order valence-corrected chi connectivity index (χ0v) is 11.7.